The van der Waals surface area contributed by atoms with Crippen molar-refractivity contribution in [2.24, 2.45) is 16.8 Å². The fourth-order valence-corrected chi connectivity index (χ4v) is 2.75. The summed E-state index contributed by atoms with van der Waals surface area (Å²) in [6.45, 7) is 6.79. The standard InChI is InChI=1S/C17H25N3O/c1-4-6-15-14(7-5-10-18)17(21)20(19-15)16-11-12(2)8-9-13(16)3/h8-9,11,14H,4-7,10,18H2,1-3H3. The lowest BCUT2D eigenvalue weighted by Crippen LogP contribution is -2.28. The summed E-state index contributed by atoms with van der Waals surface area (Å²) >= 11 is 0. The van der Waals surface area contributed by atoms with Crippen molar-refractivity contribution in [2.75, 3.05) is 11.6 Å². The first-order chi connectivity index (χ1) is 10.1. The van der Waals surface area contributed by atoms with Crippen LogP contribution in [0.3, 0.4) is 0 Å². The molecule has 2 rings (SSSR count). The second-order valence-corrected chi connectivity index (χ2v) is 5.76. The number of hydrazone groups is 1. The van der Waals surface area contributed by atoms with E-state index in [-0.39, 0.29) is 11.8 Å². The molecule has 1 atom stereocenters. The summed E-state index contributed by atoms with van der Waals surface area (Å²) in [5, 5.41) is 6.23. The van der Waals surface area contributed by atoms with Crippen molar-refractivity contribution in [3.05, 3.63) is 29.3 Å². The zero-order valence-corrected chi connectivity index (χ0v) is 13.2. The van der Waals surface area contributed by atoms with E-state index >= 15 is 0 Å². The Bertz CT molecular complexity index is 551. The third-order valence-electron chi connectivity index (χ3n) is 3.93. The van der Waals surface area contributed by atoms with Crippen molar-refractivity contribution in [3.63, 3.8) is 0 Å². The number of benzene rings is 1. The summed E-state index contributed by atoms with van der Waals surface area (Å²) in [6, 6.07) is 6.13. The Morgan fingerprint density at radius 3 is 2.76 bits per heavy atom. The van der Waals surface area contributed by atoms with Gasteiger partial charge in [-0.2, -0.15) is 10.1 Å². The van der Waals surface area contributed by atoms with Crippen molar-refractivity contribution in [1.82, 2.24) is 0 Å². The lowest BCUT2D eigenvalue weighted by atomic mass is 9.94. The molecule has 1 aliphatic rings. The predicted octanol–water partition coefficient (Wildman–Crippen LogP) is 3.16. The quantitative estimate of drug-likeness (QED) is 0.873. The van der Waals surface area contributed by atoms with Gasteiger partial charge >= 0.3 is 0 Å². The summed E-state index contributed by atoms with van der Waals surface area (Å²) in [6.07, 6.45) is 3.55. The highest BCUT2D eigenvalue weighted by Crippen LogP contribution is 2.30. The van der Waals surface area contributed by atoms with Gasteiger partial charge in [0.1, 0.15) is 0 Å². The van der Waals surface area contributed by atoms with Crippen molar-refractivity contribution in [2.45, 2.75) is 46.5 Å². The molecule has 1 aromatic rings. The lowest BCUT2D eigenvalue weighted by Gasteiger charge is -2.17. The number of aryl methyl sites for hydroxylation is 2. The van der Waals surface area contributed by atoms with Gasteiger partial charge in [-0.15, -0.1) is 0 Å². The zero-order chi connectivity index (χ0) is 15.4. The van der Waals surface area contributed by atoms with Gasteiger partial charge in [0.2, 0.25) is 0 Å². The largest absolute Gasteiger partial charge is 0.330 e. The van der Waals surface area contributed by atoms with E-state index in [9.17, 15) is 4.79 Å². The normalized spacial score (nSPS) is 18.3. The third kappa shape index (κ3) is 3.32. The van der Waals surface area contributed by atoms with Crippen molar-refractivity contribution in [3.8, 4) is 0 Å². The van der Waals surface area contributed by atoms with Gasteiger partial charge in [-0.05, 0) is 56.8 Å². The maximum Gasteiger partial charge on any atom is 0.256 e. The number of amides is 1. The highest BCUT2D eigenvalue weighted by Gasteiger charge is 2.35. The van der Waals surface area contributed by atoms with Crippen LogP contribution in [0.15, 0.2) is 23.3 Å². The smallest absolute Gasteiger partial charge is 0.256 e. The Balaban J connectivity index is 2.32. The minimum atomic E-state index is -0.0894. The molecule has 0 bridgehead atoms. The van der Waals surface area contributed by atoms with Crippen LogP contribution in [0.25, 0.3) is 0 Å². The van der Waals surface area contributed by atoms with Crippen molar-refractivity contribution >= 4 is 17.3 Å². The monoisotopic (exact) mass is 287 g/mol. The van der Waals surface area contributed by atoms with E-state index in [0.717, 1.165) is 48.2 Å². The number of carbonyl (C=O) groups is 1. The number of anilines is 1. The van der Waals surface area contributed by atoms with E-state index < -0.39 is 0 Å². The fourth-order valence-electron chi connectivity index (χ4n) is 2.75. The molecule has 1 aromatic carbocycles. The summed E-state index contributed by atoms with van der Waals surface area (Å²) in [5.74, 6) is 0.00834. The first-order valence-electron chi connectivity index (χ1n) is 7.77. The molecule has 0 aromatic heterocycles. The van der Waals surface area contributed by atoms with Gasteiger partial charge in [-0.1, -0.05) is 25.5 Å². The van der Waals surface area contributed by atoms with Gasteiger partial charge < -0.3 is 5.73 Å². The van der Waals surface area contributed by atoms with E-state index in [2.05, 4.69) is 18.1 Å². The lowest BCUT2D eigenvalue weighted by molar-refractivity contribution is -0.119. The second-order valence-electron chi connectivity index (χ2n) is 5.76. The SMILES string of the molecule is CCCC1=NN(c2cc(C)ccc2C)C(=O)C1CCCN. The number of nitrogens with two attached hydrogens (primary N) is 1. The molecule has 4 heteroatoms. The number of rotatable bonds is 6. The van der Waals surface area contributed by atoms with Gasteiger partial charge in [0.25, 0.3) is 5.91 Å². The Hall–Kier alpha value is -1.68. The van der Waals surface area contributed by atoms with Crippen LogP contribution in [0.1, 0.15) is 43.7 Å². The highest BCUT2D eigenvalue weighted by atomic mass is 16.2. The van der Waals surface area contributed by atoms with Crippen LogP contribution in [-0.4, -0.2) is 18.2 Å². The van der Waals surface area contributed by atoms with Crippen molar-refractivity contribution in [1.29, 1.82) is 0 Å². The number of carbonyl (C=O) groups excluding carboxylic acids is 1. The molecule has 4 nitrogen and oxygen atoms in total. The third-order valence-corrected chi connectivity index (χ3v) is 3.93. The van der Waals surface area contributed by atoms with E-state index in [0.29, 0.717) is 6.54 Å². The minimum Gasteiger partial charge on any atom is -0.330 e. The topological polar surface area (TPSA) is 58.7 Å². The maximum atomic E-state index is 12.7. The second kappa shape index (κ2) is 6.85. The van der Waals surface area contributed by atoms with E-state index in [1.165, 1.54) is 0 Å². The van der Waals surface area contributed by atoms with Gasteiger partial charge in [-0.3, -0.25) is 4.79 Å². The number of hydrogen-bond acceptors (Lipinski definition) is 3. The van der Waals surface area contributed by atoms with Gasteiger partial charge in [0.05, 0.1) is 17.3 Å². The molecule has 0 spiro atoms. The van der Waals surface area contributed by atoms with Crippen LogP contribution in [0, 0.1) is 19.8 Å². The average Bonchev–Trinajstić information content (AvgIpc) is 2.76. The van der Waals surface area contributed by atoms with Crippen LogP contribution in [0.4, 0.5) is 5.69 Å². The molecule has 1 amide bonds. The molecule has 0 radical (unpaired) electrons. The van der Waals surface area contributed by atoms with E-state index in [4.69, 9.17) is 5.73 Å². The first kappa shape index (κ1) is 15.7. The highest BCUT2D eigenvalue weighted by molar-refractivity contribution is 6.15. The molecule has 0 saturated heterocycles. The predicted molar refractivity (Wildman–Crippen MR) is 87.5 cm³/mol. The van der Waals surface area contributed by atoms with Crippen LogP contribution in [0.2, 0.25) is 0 Å². The molecule has 0 saturated carbocycles. The Morgan fingerprint density at radius 2 is 2.10 bits per heavy atom. The molecule has 1 aliphatic heterocycles. The molecule has 0 fully saturated rings. The summed E-state index contributed by atoms with van der Waals surface area (Å²) in [7, 11) is 0. The molecular formula is C17H25N3O. The molecule has 0 aliphatic carbocycles. The van der Waals surface area contributed by atoms with Gasteiger partial charge in [0.15, 0.2) is 0 Å². The summed E-state index contributed by atoms with van der Waals surface area (Å²) in [5.41, 5.74) is 9.73. The molecule has 1 unspecified atom stereocenters. The minimum absolute atomic E-state index is 0.0894. The number of nitrogens with zero attached hydrogens (tertiary/aromatic N) is 2. The van der Waals surface area contributed by atoms with E-state index in [1.54, 1.807) is 5.01 Å². The van der Waals surface area contributed by atoms with Crippen LogP contribution in [0.5, 0.6) is 0 Å². The van der Waals surface area contributed by atoms with Gasteiger partial charge in [0, 0.05) is 0 Å². The van der Waals surface area contributed by atoms with Crippen LogP contribution >= 0.6 is 0 Å². The Labute approximate surface area is 127 Å². The van der Waals surface area contributed by atoms with Crippen LogP contribution in [-0.2, 0) is 4.79 Å². The molecule has 114 valence electrons. The average molecular weight is 287 g/mol. The summed E-state index contributed by atoms with van der Waals surface area (Å²) < 4.78 is 0. The first-order valence-corrected chi connectivity index (χ1v) is 7.77. The van der Waals surface area contributed by atoms with Crippen LogP contribution < -0.4 is 10.7 Å². The summed E-state index contributed by atoms with van der Waals surface area (Å²) in [4.78, 5) is 12.7. The Morgan fingerprint density at radius 1 is 1.33 bits per heavy atom. The van der Waals surface area contributed by atoms with Gasteiger partial charge in [-0.25, -0.2) is 0 Å². The molecule has 2 N–H and O–H groups in total. The number of hydrogen-bond donors (Lipinski definition) is 1. The molecule has 21 heavy (non-hydrogen) atoms. The molecular weight excluding hydrogens is 262 g/mol. The van der Waals surface area contributed by atoms with E-state index in [1.807, 2.05) is 26.0 Å². The van der Waals surface area contributed by atoms with Crippen molar-refractivity contribution < 1.29 is 4.79 Å². The maximum absolute atomic E-state index is 12.7. The fraction of sp³-hybridized carbons (Fsp3) is 0.529. The molecule has 1 heterocycles. The Kier molecular flexibility index (Phi) is 5.12. The zero-order valence-electron chi connectivity index (χ0n) is 13.2.